The van der Waals surface area contributed by atoms with E-state index in [9.17, 15) is 9.59 Å². The van der Waals surface area contributed by atoms with Gasteiger partial charge in [-0.15, -0.1) is 0 Å². The van der Waals surface area contributed by atoms with Crippen LogP contribution in [0.25, 0.3) is 11.0 Å². The molecule has 1 aliphatic heterocycles. The van der Waals surface area contributed by atoms with Crippen molar-refractivity contribution in [1.82, 2.24) is 14.9 Å². The maximum atomic E-state index is 12.6. The van der Waals surface area contributed by atoms with Crippen molar-refractivity contribution in [2.45, 2.75) is 52.6 Å². The van der Waals surface area contributed by atoms with Gasteiger partial charge in [0.25, 0.3) is 5.56 Å². The Morgan fingerprint density at radius 2 is 2.03 bits per heavy atom. The molecule has 0 spiro atoms. The molecule has 0 saturated heterocycles. The Morgan fingerprint density at radius 3 is 2.76 bits per heavy atom. The minimum absolute atomic E-state index is 0.114. The van der Waals surface area contributed by atoms with Gasteiger partial charge in [0.1, 0.15) is 11.4 Å². The molecule has 152 valence electrons. The highest BCUT2D eigenvalue weighted by Gasteiger charge is 2.26. The molecule has 0 saturated carbocycles. The van der Waals surface area contributed by atoms with Crippen molar-refractivity contribution in [2.24, 2.45) is 0 Å². The zero-order valence-electron chi connectivity index (χ0n) is 17.1. The normalized spacial score (nSPS) is 14.9. The number of hydrogen-bond acceptors (Lipinski definition) is 5. The van der Waals surface area contributed by atoms with E-state index in [-0.39, 0.29) is 11.0 Å². The number of halogens is 1. The topological polar surface area (TPSA) is 79.2 Å². The van der Waals surface area contributed by atoms with Crippen LogP contribution >= 0.6 is 11.6 Å². The first-order chi connectivity index (χ1) is 13.6. The van der Waals surface area contributed by atoms with E-state index in [1.807, 2.05) is 44.7 Å². The highest BCUT2D eigenvalue weighted by atomic mass is 35.5. The lowest BCUT2D eigenvalue weighted by atomic mass is 9.95. The second kappa shape index (κ2) is 7.11. The quantitative estimate of drug-likeness (QED) is 0.648. The Kier molecular flexibility index (Phi) is 4.87. The zero-order chi connectivity index (χ0) is 20.9. The summed E-state index contributed by atoms with van der Waals surface area (Å²) in [7, 11) is 0. The SMILES string of the molecule is Cc1ccc2oc(=O)c(CN3CCc4nc(C(C)(C)C)[nH]c(=O)c4C3)c(Cl)c2c1. The minimum atomic E-state index is -0.438. The highest BCUT2D eigenvalue weighted by Crippen LogP contribution is 2.28. The number of aromatic amines is 1. The van der Waals surface area contributed by atoms with Gasteiger partial charge in [-0.05, 0) is 19.1 Å². The number of H-pyrrole nitrogens is 1. The summed E-state index contributed by atoms with van der Waals surface area (Å²) < 4.78 is 5.47. The fourth-order valence-electron chi connectivity index (χ4n) is 3.65. The summed E-state index contributed by atoms with van der Waals surface area (Å²) in [6.07, 6.45) is 0.651. The molecule has 4 rings (SSSR count). The molecule has 3 aromatic rings. The molecule has 1 aliphatic rings. The minimum Gasteiger partial charge on any atom is -0.422 e. The molecular weight excluding hydrogens is 390 g/mol. The van der Waals surface area contributed by atoms with Gasteiger partial charge in [0.05, 0.1) is 21.8 Å². The lowest BCUT2D eigenvalue weighted by molar-refractivity contribution is 0.238. The van der Waals surface area contributed by atoms with Crippen LogP contribution in [0.3, 0.4) is 0 Å². The number of benzene rings is 1. The molecule has 3 heterocycles. The fraction of sp³-hybridized carbons (Fsp3) is 0.409. The van der Waals surface area contributed by atoms with Crippen LogP contribution in [-0.4, -0.2) is 21.4 Å². The van der Waals surface area contributed by atoms with Gasteiger partial charge in [-0.25, -0.2) is 9.78 Å². The van der Waals surface area contributed by atoms with E-state index < -0.39 is 5.63 Å². The van der Waals surface area contributed by atoms with Crippen LogP contribution in [0.1, 0.15) is 49.0 Å². The van der Waals surface area contributed by atoms with Gasteiger partial charge in [0, 0.05) is 36.9 Å². The molecule has 0 radical (unpaired) electrons. The average Bonchev–Trinajstić information content (AvgIpc) is 2.65. The van der Waals surface area contributed by atoms with Crippen LogP contribution in [0.4, 0.5) is 0 Å². The summed E-state index contributed by atoms with van der Waals surface area (Å²) in [5.74, 6) is 0.697. The summed E-state index contributed by atoms with van der Waals surface area (Å²) in [6, 6.07) is 5.56. The van der Waals surface area contributed by atoms with Gasteiger partial charge < -0.3 is 9.40 Å². The predicted octanol–water partition coefficient (Wildman–Crippen LogP) is 3.69. The highest BCUT2D eigenvalue weighted by molar-refractivity contribution is 6.36. The molecule has 0 fully saturated rings. The van der Waals surface area contributed by atoms with Crippen LogP contribution in [0.2, 0.25) is 5.02 Å². The third kappa shape index (κ3) is 3.74. The molecule has 1 aromatic carbocycles. The van der Waals surface area contributed by atoms with Gasteiger partial charge in [-0.1, -0.05) is 44.0 Å². The van der Waals surface area contributed by atoms with E-state index in [4.69, 9.17) is 16.0 Å². The molecule has 2 aromatic heterocycles. The first kappa shape index (κ1) is 19.9. The molecule has 0 amide bonds. The molecule has 0 bridgehead atoms. The van der Waals surface area contributed by atoms with E-state index in [0.717, 1.165) is 16.6 Å². The maximum Gasteiger partial charge on any atom is 0.342 e. The van der Waals surface area contributed by atoms with Crippen LogP contribution in [0, 0.1) is 6.92 Å². The van der Waals surface area contributed by atoms with Crippen LogP contribution in [0.5, 0.6) is 0 Å². The number of nitrogens with zero attached hydrogens (tertiary/aromatic N) is 2. The Balaban J connectivity index is 1.66. The second-order valence-electron chi connectivity index (χ2n) is 8.73. The second-order valence-corrected chi connectivity index (χ2v) is 9.11. The monoisotopic (exact) mass is 413 g/mol. The van der Waals surface area contributed by atoms with Crippen LogP contribution in [0.15, 0.2) is 32.2 Å². The van der Waals surface area contributed by atoms with E-state index >= 15 is 0 Å². The van der Waals surface area contributed by atoms with Crippen LogP contribution in [-0.2, 0) is 24.9 Å². The van der Waals surface area contributed by atoms with Crippen molar-refractivity contribution >= 4 is 22.6 Å². The summed E-state index contributed by atoms with van der Waals surface area (Å²) in [4.78, 5) is 34.8. The number of hydrogen-bond donors (Lipinski definition) is 1. The Hall–Kier alpha value is -2.44. The number of rotatable bonds is 2. The largest absolute Gasteiger partial charge is 0.422 e. The predicted molar refractivity (Wildman–Crippen MR) is 114 cm³/mol. The molecule has 7 heteroatoms. The summed E-state index contributed by atoms with van der Waals surface area (Å²) in [5, 5.41) is 1.15. The molecule has 0 unspecified atom stereocenters. The average molecular weight is 414 g/mol. The molecule has 0 aliphatic carbocycles. The Morgan fingerprint density at radius 1 is 1.28 bits per heavy atom. The first-order valence-corrected chi connectivity index (χ1v) is 10.1. The van der Waals surface area contributed by atoms with Crippen molar-refractivity contribution in [3.63, 3.8) is 0 Å². The Labute approximate surface area is 173 Å². The zero-order valence-corrected chi connectivity index (χ0v) is 17.8. The Bertz CT molecular complexity index is 1220. The lowest BCUT2D eigenvalue weighted by Crippen LogP contribution is -2.37. The number of aromatic nitrogens is 2. The van der Waals surface area contributed by atoms with Gasteiger partial charge >= 0.3 is 5.63 Å². The third-order valence-electron chi connectivity index (χ3n) is 5.33. The van der Waals surface area contributed by atoms with Gasteiger partial charge in [0.2, 0.25) is 0 Å². The van der Waals surface area contributed by atoms with Crippen molar-refractivity contribution < 1.29 is 4.42 Å². The van der Waals surface area contributed by atoms with E-state index in [1.165, 1.54) is 0 Å². The third-order valence-corrected chi connectivity index (χ3v) is 5.76. The van der Waals surface area contributed by atoms with Crippen molar-refractivity contribution in [3.05, 3.63) is 72.2 Å². The molecule has 29 heavy (non-hydrogen) atoms. The van der Waals surface area contributed by atoms with Crippen molar-refractivity contribution in [2.75, 3.05) is 6.54 Å². The van der Waals surface area contributed by atoms with Gasteiger partial charge in [0.15, 0.2) is 0 Å². The van der Waals surface area contributed by atoms with Gasteiger partial charge in [-0.3, -0.25) is 9.69 Å². The van der Waals surface area contributed by atoms with Crippen molar-refractivity contribution in [3.8, 4) is 0 Å². The van der Waals surface area contributed by atoms with E-state index in [1.54, 1.807) is 6.07 Å². The lowest BCUT2D eigenvalue weighted by Gasteiger charge is -2.28. The number of nitrogens with one attached hydrogen (secondary N) is 1. The van der Waals surface area contributed by atoms with E-state index in [2.05, 4.69) is 9.97 Å². The smallest absolute Gasteiger partial charge is 0.342 e. The summed E-state index contributed by atoms with van der Waals surface area (Å²) in [6.45, 7) is 9.47. The summed E-state index contributed by atoms with van der Waals surface area (Å²) >= 11 is 6.57. The van der Waals surface area contributed by atoms with E-state index in [0.29, 0.717) is 53.6 Å². The van der Waals surface area contributed by atoms with Crippen LogP contribution < -0.4 is 11.2 Å². The number of fused-ring (bicyclic) bond motifs is 2. The summed E-state index contributed by atoms with van der Waals surface area (Å²) in [5.41, 5.74) is 2.66. The molecule has 6 nitrogen and oxygen atoms in total. The first-order valence-electron chi connectivity index (χ1n) is 9.70. The van der Waals surface area contributed by atoms with Crippen molar-refractivity contribution in [1.29, 1.82) is 0 Å². The molecule has 1 N–H and O–H groups in total. The number of aryl methyl sites for hydroxylation is 1. The standard InChI is InChI=1S/C22H24ClN3O3/c1-12-5-6-17-13(9-12)18(23)15(20(28)29-17)11-26-8-7-16-14(10-26)19(27)25-21(24-16)22(2,3)4/h5-6,9H,7-8,10-11H2,1-4H3,(H,24,25,27). The molecular formula is C22H24ClN3O3. The fourth-order valence-corrected chi connectivity index (χ4v) is 3.93. The molecule has 0 atom stereocenters. The maximum absolute atomic E-state index is 12.6. The van der Waals surface area contributed by atoms with Gasteiger partial charge in [-0.2, -0.15) is 0 Å².